The SMILES string of the molecule is CC(C)(C)OC(=O)CSCc1cc2ccccc2nc1N. The summed E-state index contributed by atoms with van der Waals surface area (Å²) < 4.78 is 5.27. The number of carbonyl (C=O) groups is 1. The van der Waals surface area contributed by atoms with Gasteiger partial charge in [0.05, 0.1) is 11.3 Å². The first-order valence-corrected chi connectivity index (χ1v) is 7.94. The molecule has 0 aliphatic rings. The summed E-state index contributed by atoms with van der Waals surface area (Å²) in [7, 11) is 0. The van der Waals surface area contributed by atoms with Gasteiger partial charge in [0.2, 0.25) is 0 Å². The predicted molar refractivity (Wildman–Crippen MR) is 88.2 cm³/mol. The summed E-state index contributed by atoms with van der Waals surface area (Å²) in [5.41, 5.74) is 7.35. The van der Waals surface area contributed by atoms with E-state index < -0.39 is 5.60 Å². The van der Waals surface area contributed by atoms with Crippen LogP contribution in [0.3, 0.4) is 0 Å². The van der Waals surface area contributed by atoms with E-state index in [9.17, 15) is 4.79 Å². The second-order valence-corrected chi connectivity index (χ2v) is 6.79. The van der Waals surface area contributed by atoms with Crippen molar-refractivity contribution in [3.05, 3.63) is 35.9 Å². The van der Waals surface area contributed by atoms with E-state index in [1.807, 2.05) is 51.1 Å². The van der Waals surface area contributed by atoms with Crippen molar-refractivity contribution in [3.63, 3.8) is 0 Å². The molecular formula is C16H20N2O2S. The number of aromatic nitrogens is 1. The number of anilines is 1. The van der Waals surface area contributed by atoms with E-state index in [1.54, 1.807) is 0 Å². The first kappa shape index (κ1) is 15.6. The molecule has 0 bridgehead atoms. The van der Waals surface area contributed by atoms with Crippen molar-refractivity contribution >= 4 is 34.5 Å². The third-order valence-electron chi connectivity index (χ3n) is 2.73. The number of nitrogens with zero attached hydrogens (tertiary/aromatic N) is 1. The number of carbonyl (C=O) groups excluding carboxylic acids is 1. The van der Waals surface area contributed by atoms with Gasteiger partial charge in [0.15, 0.2) is 0 Å². The fourth-order valence-corrected chi connectivity index (χ4v) is 2.68. The van der Waals surface area contributed by atoms with Crippen LogP contribution in [0, 0.1) is 0 Å². The molecule has 5 heteroatoms. The molecule has 21 heavy (non-hydrogen) atoms. The van der Waals surface area contributed by atoms with Crippen LogP contribution in [-0.4, -0.2) is 22.3 Å². The zero-order chi connectivity index (χ0) is 15.5. The lowest BCUT2D eigenvalue weighted by Crippen LogP contribution is -2.24. The summed E-state index contributed by atoms with van der Waals surface area (Å²) in [6.07, 6.45) is 0. The molecule has 4 nitrogen and oxygen atoms in total. The van der Waals surface area contributed by atoms with Crippen molar-refractivity contribution < 1.29 is 9.53 Å². The van der Waals surface area contributed by atoms with Crippen molar-refractivity contribution in [2.45, 2.75) is 32.1 Å². The third-order valence-corrected chi connectivity index (χ3v) is 3.69. The molecule has 0 saturated heterocycles. The highest BCUT2D eigenvalue weighted by Crippen LogP contribution is 2.22. The maximum atomic E-state index is 11.7. The van der Waals surface area contributed by atoms with Gasteiger partial charge >= 0.3 is 5.97 Å². The summed E-state index contributed by atoms with van der Waals surface area (Å²) in [5.74, 6) is 1.26. The Bertz CT molecular complexity index is 650. The maximum absolute atomic E-state index is 11.7. The van der Waals surface area contributed by atoms with Crippen LogP contribution in [0.4, 0.5) is 5.82 Å². The molecule has 0 radical (unpaired) electrons. The Morgan fingerprint density at radius 2 is 2.05 bits per heavy atom. The molecule has 1 aromatic carbocycles. The molecule has 2 N–H and O–H groups in total. The highest BCUT2D eigenvalue weighted by molar-refractivity contribution is 7.99. The molecule has 0 amide bonds. The van der Waals surface area contributed by atoms with Crippen molar-refractivity contribution in [2.24, 2.45) is 0 Å². The summed E-state index contributed by atoms with van der Waals surface area (Å²) in [6, 6.07) is 9.87. The van der Waals surface area contributed by atoms with Crippen molar-refractivity contribution in [2.75, 3.05) is 11.5 Å². The number of esters is 1. The van der Waals surface area contributed by atoms with Gasteiger partial charge in [-0.15, -0.1) is 11.8 Å². The molecule has 0 fully saturated rings. The molecule has 0 aliphatic carbocycles. The van der Waals surface area contributed by atoms with Crippen LogP contribution < -0.4 is 5.73 Å². The van der Waals surface area contributed by atoms with Crippen LogP contribution in [0.15, 0.2) is 30.3 Å². The summed E-state index contributed by atoms with van der Waals surface area (Å²) >= 11 is 1.48. The second-order valence-electron chi connectivity index (χ2n) is 5.80. The first-order chi connectivity index (χ1) is 9.85. The van der Waals surface area contributed by atoms with E-state index in [2.05, 4.69) is 4.98 Å². The fourth-order valence-electron chi connectivity index (χ4n) is 1.91. The minimum absolute atomic E-state index is 0.209. The Hall–Kier alpha value is -1.75. The average molecular weight is 304 g/mol. The minimum atomic E-state index is -0.443. The van der Waals surface area contributed by atoms with Gasteiger partial charge in [0.1, 0.15) is 11.4 Å². The molecule has 0 atom stereocenters. The highest BCUT2D eigenvalue weighted by atomic mass is 32.2. The van der Waals surface area contributed by atoms with Gasteiger partial charge in [-0.1, -0.05) is 18.2 Å². The van der Waals surface area contributed by atoms with Crippen molar-refractivity contribution in [1.29, 1.82) is 0 Å². The molecule has 1 aromatic heterocycles. The Kier molecular flexibility index (Phi) is 4.73. The van der Waals surface area contributed by atoms with E-state index in [-0.39, 0.29) is 5.97 Å². The number of hydrogen-bond acceptors (Lipinski definition) is 5. The first-order valence-electron chi connectivity index (χ1n) is 6.79. The quantitative estimate of drug-likeness (QED) is 0.877. The van der Waals surface area contributed by atoms with E-state index in [1.165, 1.54) is 11.8 Å². The number of thioether (sulfide) groups is 1. The number of ether oxygens (including phenoxy) is 1. The van der Waals surface area contributed by atoms with Crippen LogP contribution in [0.2, 0.25) is 0 Å². The monoisotopic (exact) mass is 304 g/mol. The number of nitrogen functional groups attached to an aromatic ring is 1. The van der Waals surface area contributed by atoms with Gasteiger partial charge < -0.3 is 10.5 Å². The lowest BCUT2D eigenvalue weighted by Gasteiger charge is -2.19. The predicted octanol–water partition coefficient (Wildman–Crippen LogP) is 3.39. The number of para-hydroxylation sites is 1. The van der Waals surface area contributed by atoms with Crippen LogP contribution >= 0.6 is 11.8 Å². The molecule has 1 heterocycles. The topological polar surface area (TPSA) is 65.2 Å². The average Bonchev–Trinajstić information content (AvgIpc) is 2.37. The Morgan fingerprint density at radius 1 is 1.33 bits per heavy atom. The maximum Gasteiger partial charge on any atom is 0.316 e. The van der Waals surface area contributed by atoms with Gasteiger partial charge in [0, 0.05) is 16.7 Å². The van der Waals surface area contributed by atoms with Gasteiger partial charge in [-0.2, -0.15) is 0 Å². The number of pyridine rings is 1. The second kappa shape index (κ2) is 6.35. The van der Waals surface area contributed by atoms with Gasteiger partial charge in [0.25, 0.3) is 0 Å². The molecular weight excluding hydrogens is 284 g/mol. The van der Waals surface area contributed by atoms with Gasteiger partial charge in [-0.3, -0.25) is 4.79 Å². The zero-order valence-electron chi connectivity index (χ0n) is 12.6. The standard InChI is InChI=1S/C16H20N2O2S/c1-16(2,3)20-14(19)10-21-9-12-8-11-6-4-5-7-13(11)18-15(12)17/h4-8H,9-10H2,1-3H3,(H2,17,18). The van der Waals surface area contributed by atoms with Gasteiger partial charge in [-0.25, -0.2) is 4.98 Å². The smallest absolute Gasteiger partial charge is 0.316 e. The lowest BCUT2D eigenvalue weighted by atomic mass is 10.1. The van der Waals surface area contributed by atoms with Crippen molar-refractivity contribution in [3.8, 4) is 0 Å². The number of rotatable bonds is 4. The Morgan fingerprint density at radius 3 is 2.76 bits per heavy atom. The number of fused-ring (bicyclic) bond motifs is 1. The van der Waals surface area contributed by atoms with Crippen LogP contribution in [-0.2, 0) is 15.3 Å². The van der Waals surface area contributed by atoms with E-state index >= 15 is 0 Å². The van der Waals surface area contributed by atoms with E-state index in [0.29, 0.717) is 17.3 Å². The molecule has 0 saturated carbocycles. The zero-order valence-corrected chi connectivity index (χ0v) is 13.4. The van der Waals surface area contributed by atoms with Crippen molar-refractivity contribution in [1.82, 2.24) is 4.98 Å². The third kappa shape index (κ3) is 4.63. The number of hydrogen-bond donors (Lipinski definition) is 1. The summed E-state index contributed by atoms with van der Waals surface area (Å²) in [5, 5.41) is 1.06. The summed E-state index contributed by atoms with van der Waals surface area (Å²) in [6.45, 7) is 5.59. The fraction of sp³-hybridized carbons (Fsp3) is 0.375. The number of benzene rings is 1. The highest BCUT2D eigenvalue weighted by Gasteiger charge is 2.16. The van der Waals surface area contributed by atoms with Gasteiger partial charge in [-0.05, 0) is 32.9 Å². The normalized spacial score (nSPS) is 11.6. The van der Waals surface area contributed by atoms with E-state index in [4.69, 9.17) is 10.5 Å². The summed E-state index contributed by atoms with van der Waals surface area (Å²) in [4.78, 5) is 16.0. The molecule has 112 valence electrons. The molecule has 0 unspecified atom stereocenters. The van der Waals surface area contributed by atoms with E-state index in [0.717, 1.165) is 16.5 Å². The van der Waals surface area contributed by atoms with Crippen LogP contribution in [0.1, 0.15) is 26.3 Å². The minimum Gasteiger partial charge on any atom is -0.459 e. The molecule has 2 rings (SSSR count). The Balaban J connectivity index is 1.97. The van der Waals surface area contributed by atoms with Crippen LogP contribution in [0.25, 0.3) is 10.9 Å². The molecule has 0 aliphatic heterocycles. The number of nitrogens with two attached hydrogens (primary N) is 1. The van der Waals surface area contributed by atoms with Crippen LogP contribution in [0.5, 0.6) is 0 Å². The molecule has 0 spiro atoms. The Labute approximate surface area is 129 Å². The molecule has 2 aromatic rings. The largest absolute Gasteiger partial charge is 0.459 e. The lowest BCUT2D eigenvalue weighted by molar-refractivity contribution is -0.151.